The van der Waals surface area contributed by atoms with Crippen molar-refractivity contribution in [2.24, 2.45) is 5.73 Å². The number of carbonyl (C=O) groups is 1. The number of nitrogens with two attached hydrogens (primary N) is 1. The van der Waals surface area contributed by atoms with E-state index in [1.54, 1.807) is 18.2 Å². The van der Waals surface area contributed by atoms with Gasteiger partial charge < -0.3 is 15.6 Å². The van der Waals surface area contributed by atoms with Gasteiger partial charge in [0.25, 0.3) is 0 Å². The summed E-state index contributed by atoms with van der Waals surface area (Å²) in [6.07, 6.45) is 0.490. The molecule has 0 saturated heterocycles. The van der Waals surface area contributed by atoms with Gasteiger partial charge in [0.15, 0.2) is 0 Å². The second kappa shape index (κ2) is 7.22. The van der Waals surface area contributed by atoms with E-state index in [1.165, 1.54) is 6.92 Å². The number of hydrogen-bond acceptors (Lipinski definition) is 4. The highest BCUT2D eigenvalue weighted by Gasteiger charge is 2.06. The molecule has 0 fully saturated rings. The molecule has 0 aromatic heterocycles. The molecule has 0 aliphatic carbocycles. The number of halogens is 1. The van der Waals surface area contributed by atoms with Gasteiger partial charge in [-0.2, -0.15) is 0 Å². The van der Waals surface area contributed by atoms with E-state index in [2.05, 4.69) is 0 Å². The zero-order chi connectivity index (χ0) is 11.3. The van der Waals surface area contributed by atoms with Crippen molar-refractivity contribution in [3.8, 4) is 5.75 Å². The van der Waals surface area contributed by atoms with E-state index in [0.717, 1.165) is 5.56 Å². The predicted octanol–water partition coefficient (Wildman–Crippen LogP) is 1.42. The summed E-state index contributed by atoms with van der Waals surface area (Å²) in [6.45, 7) is 1.39. The van der Waals surface area contributed by atoms with Crippen LogP contribution in [0.5, 0.6) is 5.75 Å². The highest BCUT2D eigenvalue weighted by Crippen LogP contribution is 2.19. The molecule has 0 amide bonds. The van der Waals surface area contributed by atoms with Crippen LogP contribution in [0, 0.1) is 0 Å². The lowest BCUT2D eigenvalue weighted by Gasteiger charge is -2.11. The van der Waals surface area contributed by atoms with Gasteiger partial charge in [0.05, 0.1) is 0 Å². The van der Waals surface area contributed by atoms with Crippen molar-refractivity contribution in [1.29, 1.82) is 0 Å². The third-order valence-electron chi connectivity index (χ3n) is 1.99. The fraction of sp³-hybridized carbons (Fsp3) is 0.364. The van der Waals surface area contributed by atoms with Crippen LogP contribution < -0.4 is 10.5 Å². The third kappa shape index (κ3) is 4.61. The van der Waals surface area contributed by atoms with E-state index in [9.17, 15) is 4.79 Å². The van der Waals surface area contributed by atoms with Gasteiger partial charge in [-0.15, -0.1) is 12.4 Å². The average Bonchev–Trinajstić information content (AvgIpc) is 2.17. The monoisotopic (exact) mass is 245 g/mol. The molecule has 0 aliphatic rings. The number of aliphatic hydroxyl groups excluding tert-OH is 1. The highest BCUT2D eigenvalue weighted by molar-refractivity contribution is 5.85. The molecule has 0 heterocycles. The van der Waals surface area contributed by atoms with Crippen LogP contribution >= 0.6 is 12.4 Å². The van der Waals surface area contributed by atoms with Gasteiger partial charge in [-0.3, -0.25) is 4.79 Å². The number of rotatable bonds is 4. The average molecular weight is 246 g/mol. The van der Waals surface area contributed by atoms with E-state index in [-0.39, 0.29) is 31.0 Å². The number of ether oxygens (including phenoxy) is 1. The maximum atomic E-state index is 10.7. The minimum Gasteiger partial charge on any atom is -0.427 e. The van der Waals surface area contributed by atoms with Gasteiger partial charge in [0.1, 0.15) is 5.75 Å². The van der Waals surface area contributed by atoms with Crippen LogP contribution in [0.4, 0.5) is 0 Å². The lowest BCUT2D eigenvalue weighted by atomic mass is 10.1. The molecule has 1 aromatic carbocycles. The molecule has 16 heavy (non-hydrogen) atoms. The van der Waals surface area contributed by atoms with Gasteiger partial charge in [-0.1, -0.05) is 12.1 Å². The lowest BCUT2D eigenvalue weighted by Crippen LogP contribution is -2.12. The first-order chi connectivity index (χ1) is 7.13. The first-order valence-electron chi connectivity index (χ1n) is 4.78. The number of esters is 1. The van der Waals surface area contributed by atoms with Crippen molar-refractivity contribution in [1.82, 2.24) is 0 Å². The summed E-state index contributed by atoms with van der Waals surface area (Å²) in [5.74, 6) is 0.122. The van der Waals surface area contributed by atoms with E-state index >= 15 is 0 Å². The van der Waals surface area contributed by atoms with Crippen LogP contribution in [-0.4, -0.2) is 17.7 Å². The Labute approximate surface area is 101 Å². The first-order valence-corrected chi connectivity index (χ1v) is 4.78. The highest BCUT2D eigenvalue weighted by atomic mass is 35.5. The van der Waals surface area contributed by atoms with Gasteiger partial charge in [0, 0.05) is 19.6 Å². The van der Waals surface area contributed by atoms with E-state index in [1.807, 2.05) is 6.07 Å². The third-order valence-corrected chi connectivity index (χ3v) is 1.99. The molecule has 0 saturated carbocycles. The molecule has 1 atom stereocenters. The van der Waals surface area contributed by atoms with Crippen molar-refractivity contribution in [3.63, 3.8) is 0 Å². The predicted molar refractivity (Wildman–Crippen MR) is 63.6 cm³/mol. The zero-order valence-electron chi connectivity index (χ0n) is 9.05. The minimum absolute atomic E-state index is 0. The minimum atomic E-state index is -0.358. The summed E-state index contributed by atoms with van der Waals surface area (Å²) in [5.41, 5.74) is 6.65. The molecule has 5 heteroatoms. The topological polar surface area (TPSA) is 72.5 Å². The molecule has 0 radical (unpaired) electrons. The standard InChI is InChI=1S/C11H15NO3.ClH/c1-8(14)15-10-4-2-3-9(7-10)11(12)5-6-13;/h2-4,7,11,13H,5-6,12H2,1H3;1H/t11-;/m0./s1. The van der Waals surface area contributed by atoms with Crippen LogP contribution in [0.1, 0.15) is 24.9 Å². The molecular formula is C11H16ClNO3. The Hall–Kier alpha value is -1.10. The molecule has 0 spiro atoms. The van der Waals surface area contributed by atoms with Crippen molar-refractivity contribution in [2.75, 3.05) is 6.61 Å². The summed E-state index contributed by atoms with van der Waals surface area (Å²) in [6, 6.07) is 6.78. The molecule has 3 N–H and O–H groups in total. The molecule has 0 bridgehead atoms. The van der Waals surface area contributed by atoms with Crippen molar-refractivity contribution in [3.05, 3.63) is 29.8 Å². The second-order valence-corrected chi connectivity index (χ2v) is 3.28. The van der Waals surface area contributed by atoms with Gasteiger partial charge in [-0.25, -0.2) is 0 Å². The van der Waals surface area contributed by atoms with Gasteiger partial charge >= 0.3 is 5.97 Å². The Morgan fingerprint density at radius 2 is 2.25 bits per heavy atom. The van der Waals surface area contributed by atoms with Crippen molar-refractivity contribution >= 4 is 18.4 Å². The molecular weight excluding hydrogens is 230 g/mol. The first kappa shape index (κ1) is 14.9. The Kier molecular flexibility index (Phi) is 6.72. The summed E-state index contributed by atoms with van der Waals surface area (Å²) < 4.78 is 4.93. The number of carbonyl (C=O) groups excluding carboxylic acids is 1. The fourth-order valence-electron chi connectivity index (χ4n) is 1.28. The Morgan fingerprint density at radius 1 is 1.56 bits per heavy atom. The number of benzene rings is 1. The van der Waals surface area contributed by atoms with Crippen LogP contribution in [0.3, 0.4) is 0 Å². The summed E-state index contributed by atoms with van der Waals surface area (Å²) in [7, 11) is 0. The van der Waals surface area contributed by atoms with Crippen LogP contribution in [0.2, 0.25) is 0 Å². The van der Waals surface area contributed by atoms with Gasteiger partial charge in [0.2, 0.25) is 0 Å². The molecule has 1 rings (SSSR count). The van der Waals surface area contributed by atoms with Gasteiger partial charge in [-0.05, 0) is 24.1 Å². The maximum absolute atomic E-state index is 10.7. The maximum Gasteiger partial charge on any atom is 0.308 e. The van der Waals surface area contributed by atoms with E-state index in [4.69, 9.17) is 15.6 Å². The largest absolute Gasteiger partial charge is 0.427 e. The smallest absolute Gasteiger partial charge is 0.308 e. The lowest BCUT2D eigenvalue weighted by molar-refractivity contribution is -0.131. The van der Waals surface area contributed by atoms with Crippen molar-refractivity contribution in [2.45, 2.75) is 19.4 Å². The van der Waals surface area contributed by atoms with Crippen molar-refractivity contribution < 1.29 is 14.6 Å². The van der Waals surface area contributed by atoms with Crippen LogP contribution in [0.25, 0.3) is 0 Å². The van der Waals surface area contributed by atoms with Crippen LogP contribution in [-0.2, 0) is 4.79 Å². The summed E-state index contributed by atoms with van der Waals surface area (Å²) in [4.78, 5) is 10.7. The SMILES string of the molecule is CC(=O)Oc1cccc([C@@H](N)CCO)c1.Cl. The normalized spacial score (nSPS) is 11.4. The Balaban J connectivity index is 0.00000225. The van der Waals surface area contributed by atoms with Crippen LogP contribution in [0.15, 0.2) is 24.3 Å². The summed E-state index contributed by atoms with van der Waals surface area (Å²) in [5, 5.41) is 8.75. The molecule has 4 nitrogen and oxygen atoms in total. The number of hydrogen-bond donors (Lipinski definition) is 2. The Morgan fingerprint density at radius 3 is 2.81 bits per heavy atom. The molecule has 1 aromatic rings. The van der Waals surface area contributed by atoms with E-state index < -0.39 is 0 Å². The molecule has 90 valence electrons. The van der Waals surface area contributed by atoms with E-state index in [0.29, 0.717) is 12.2 Å². The fourth-order valence-corrected chi connectivity index (χ4v) is 1.28. The zero-order valence-corrected chi connectivity index (χ0v) is 9.87. The Bertz CT molecular complexity index is 344. The number of aliphatic hydroxyl groups is 1. The molecule has 0 aliphatic heterocycles. The molecule has 0 unspecified atom stereocenters. The summed E-state index contributed by atoms with van der Waals surface area (Å²) >= 11 is 0. The second-order valence-electron chi connectivity index (χ2n) is 3.28. The quantitative estimate of drug-likeness (QED) is 0.622.